The first-order chi connectivity index (χ1) is 12.1. The molecule has 1 aromatic heterocycles. The number of hydrogen-bond acceptors (Lipinski definition) is 3. The molecule has 126 valence electrons. The molecule has 0 aliphatic carbocycles. The summed E-state index contributed by atoms with van der Waals surface area (Å²) in [4.78, 5) is 18.4. The number of nitrogens with zero attached hydrogens (tertiary/aromatic N) is 2. The quantitative estimate of drug-likeness (QED) is 0.759. The van der Waals surface area contributed by atoms with Crippen molar-refractivity contribution in [1.29, 1.82) is 0 Å². The fourth-order valence-electron chi connectivity index (χ4n) is 2.47. The van der Waals surface area contributed by atoms with E-state index in [-0.39, 0.29) is 11.7 Å². The van der Waals surface area contributed by atoms with Crippen molar-refractivity contribution in [3.63, 3.8) is 0 Å². The van der Waals surface area contributed by atoms with Gasteiger partial charge in [0, 0.05) is 25.5 Å². The molecule has 3 aromatic rings. The summed E-state index contributed by atoms with van der Waals surface area (Å²) in [6.07, 6.45) is 3.16. The molecule has 1 amide bonds. The minimum absolute atomic E-state index is 0.112. The first kappa shape index (κ1) is 16.6. The number of benzene rings is 2. The van der Waals surface area contributed by atoms with Crippen molar-refractivity contribution in [1.82, 2.24) is 9.88 Å². The maximum atomic E-state index is 13.0. The lowest BCUT2D eigenvalue weighted by atomic mass is 10.2. The van der Waals surface area contributed by atoms with Crippen LogP contribution in [-0.2, 0) is 6.54 Å². The third-order valence-electron chi connectivity index (χ3n) is 3.73. The molecule has 1 heterocycles. The summed E-state index contributed by atoms with van der Waals surface area (Å²) in [5.41, 5.74) is 2.95. The molecule has 0 spiro atoms. The van der Waals surface area contributed by atoms with Crippen LogP contribution in [0.2, 0.25) is 0 Å². The largest absolute Gasteiger partial charge is 0.354 e. The maximum absolute atomic E-state index is 13.0. The number of rotatable bonds is 5. The Morgan fingerprint density at radius 1 is 1.04 bits per heavy atom. The van der Waals surface area contributed by atoms with E-state index < -0.39 is 0 Å². The number of carbonyl (C=O) groups excluding carboxylic acids is 1. The van der Waals surface area contributed by atoms with E-state index in [1.165, 1.54) is 12.1 Å². The average Bonchev–Trinajstić information content (AvgIpc) is 2.64. The maximum Gasteiger partial charge on any atom is 0.255 e. The molecule has 4 nitrogen and oxygen atoms in total. The summed E-state index contributed by atoms with van der Waals surface area (Å²) in [5.74, 6) is -0.408. The van der Waals surface area contributed by atoms with E-state index >= 15 is 0 Å². The number of aromatic nitrogens is 1. The summed E-state index contributed by atoms with van der Waals surface area (Å²) in [7, 11) is 1.76. The van der Waals surface area contributed by atoms with Crippen molar-refractivity contribution < 1.29 is 9.18 Å². The molecule has 1 N–H and O–H groups in total. The van der Waals surface area contributed by atoms with Crippen LogP contribution in [0.5, 0.6) is 0 Å². The number of halogens is 1. The lowest BCUT2D eigenvalue weighted by Crippen LogP contribution is -2.26. The molecule has 2 aromatic carbocycles. The molecule has 0 radical (unpaired) electrons. The van der Waals surface area contributed by atoms with Gasteiger partial charge in [-0.05, 0) is 35.9 Å². The van der Waals surface area contributed by atoms with Gasteiger partial charge >= 0.3 is 0 Å². The van der Waals surface area contributed by atoms with Crippen LogP contribution in [0.1, 0.15) is 15.9 Å². The second kappa shape index (κ2) is 7.57. The fraction of sp³-hybridized carbons (Fsp3) is 0.100. The van der Waals surface area contributed by atoms with Crippen LogP contribution < -0.4 is 5.32 Å². The van der Waals surface area contributed by atoms with Crippen LogP contribution in [0.25, 0.3) is 0 Å². The molecule has 0 aliphatic rings. The van der Waals surface area contributed by atoms with Gasteiger partial charge in [0.1, 0.15) is 5.82 Å². The molecule has 0 aliphatic heterocycles. The molecule has 0 saturated carbocycles. The van der Waals surface area contributed by atoms with Crippen molar-refractivity contribution in [2.24, 2.45) is 0 Å². The second-order valence-electron chi connectivity index (χ2n) is 5.74. The topological polar surface area (TPSA) is 45.2 Å². The van der Waals surface area contributed by atoms with Gasteiger partial charge in [-0.2, -0.15) is 0 Å². The Bertz CT molecular complexity index is 850. The number of carbonyl (C=O) groups is 1. The Morgan fingerprint density at radius 3 is 2.48 bits per heavy atom. The van der Waals surface area contributed by atoms with Crippen molar-refractivity contribution >= 4 is 17.3 Å². The first-order valence-electron chi connectivity index (χ1n) is 7.89. The summed E-state index contributed by atoms with van der Waals surface area (Å²) >= 11 is 0. The third kappa shape index (κ3) is 4.41. The van der Waals surface area contributed by atoms with Crippen molar-refractivity contribution in [3.8, 4) is 0 Å². The Morgan fingerprint density at radius 2 is 1.76 bits per heavy atom. The number of pyridine rings is 1. The van der Waals surface area contributed by atoms with Gasteiger partial charge in [-0.3, -0.25) is 9.78 Å². The number of amides is 1. The average molecular weight is 335 g/mol. The fourth-order valence-corrected chi connectivity index (χ4v) is 2.47. The minimum atomic E-state index is -0.296. The van der Waals surface area contributed by atoms with Crippen molar-refractivity contribution in [3.05, 3.63) is 90.0 Å². The number of nitrogens with one attached hydrogen (secondary N) is 1. The van der Waals surface area contributed by atoms with E-state index in [0.717, 1.165) is 11.3 Å². The van der Waals surface area contributed by atoms with Crippen LogP contribution in [0.15, 0.2) is 73.1 Å². The monoisotopic (exact) mass is 335 g/mol. The van der Waals surface area contributed by atoms with Gasteiger partial charge in [-0.1, -0.05) is 30.3 Å². The standard InChI is InChI=1S/C20H18FN3O/c1-24(14-15-5-3-2-4-6-15)20(25)16-11-19(13-22-12-16)23-18-9-7-17(21)8-10-18/h2-13,23H,14H2,1H3. The Balaban J connectivity index is 1.71. The zero-order chi connectivity index (χ0) is 17.6. The van der Waals surface area contributed by atoms with Gasteiger partial charge in [-0.25, -0.2) is 4.39 Å². The molecule has 0 atom stereocenters. The molecule has 3 rings (SSSR count). The molecule has 25 heavy (non-hydrogen) atoms. The van der Waals surface area contributed by atoms with Gasteiger partial charge in [0.05, 0.1) is 17.4 Å². The number of anilines is 2. The highest BCUT2D eigenvalue weighted by Crippen LogP contribution is 2.18. The molecular weight excluding hydrogens is 317 g/mol. The van der Waals surface area contributed by atoms with Crippen molar-refractivity contribution in [2.45, 2.75) is 6.54 Å². The predicted molar refractivity (Wildman–Crippen MR) is 96.2 cm³/mol. The van der Waals surface area contributed by atoms with Crippen LogP contribution in [0.3, 0.4) is 0 Å². The van der Waals surface area contributed by atoms with Crippen LogP contribution >= 0.6 is 0 Å². The summed E-state index contributed by atoms with van der Waals surface area (Å²) < 4.78 is 13.0. The SMILES string of the molecule is CN(Cc1ccccc1)C(=O)c1cncc(Nc2ccc(F)cc2)c1. The smallest absolute Gasteiger partial charge is 0.255 e. The molecule has 5 heteroatoms. The van der Waals surface area contributed by atoms with Crippen molar-refractivity contribution in [2.75, 3.05) is 12.4 Å². The summed E-state index contributed by atoms with van der Waals surface area (Å²) in [5, 5.41) is 3.12. The van der Waals surface area contributed by atoms with Gasteiger partial charge in [0.2, 0.25) is 0 Å². The van der Waals surface area contributed by atoms with Gasteiger partial charge in [0.15, 0.2) is 0 Å². The minimum Gasteiger partial charge on any atom is -0.354 e. The van der Waals surface area contributed by atoms with Gasteiger partial charge in [-0.15, -0.1) is 0 Å². The van der Waals surface area contributed by atoms with Gasteiger partial charge in [0.25, 0.3) is 5.91 Å². The Kier molecular flexibility index (Phi) is 5.04. The summed E-state index contributed by atoms with van der Waals surface area (Å²) in [6.45, 7) is 0.523. The zero-order valence-electron chi connectivity index (χ0n) is 13.8. The second-order valence-corrected chi connectivity index (χ2v) is 5.74. The van der Waals surface area contributed by atoms with E-state index in [1.54, 1.807) is 42.5 Å². The Hall–Kier alpha value is -3.21. The lowest BCUT2D eigenvalue weighted by molar-refractivity contribution is 0.0784. The molecule has 0 saturated heterocycles. The highest BCUT2D eigenvalue weighted by atomic mass is 19.1. The van der Waals surface area contributed by atoms with E-state index in [4.69, 9.17) is 0 Å². The Labute approximate surface area is 145 Å². The van der Waals surface area contributed by atoms with E-state index in [2.05, 4.69) is 10.3 Å². The zero-order valence-corrected chi connectivity index (χ0v) is 13.8. The molecule has 0 unspecified atom stereocenters. The van der Waals surface area contributed by atoms with Gasteiger partial charge < -0.3 is 10.2 Å². The lowest BCUT2D eigenvalue weighted by Gasteiger charge is -2.17. The van der Waals surface area contributed by atoms with Crippen LogP contribution in [-0.4, -0.2) is 22.8 Å². The van der Waals surface area contributed by atoms with E-state index in [1.807, 2.05) is 30.3 Å². The summed E-state index contributed by atoms with van der Waals surface area (Å²) in [6, 6.07) is 17.5. The van der Waals surface area contributed by atoms with Crippen LogP contribution in [0.4, 0.5) is 15.8 Å². The third-order valence-corrected chi connectivity index (χ3v) is 3.73. The van der Waals surface area contributed by atoms with E-state index in [0.29, 0.717) is 17.8 Å². The van der Waals surface area contributed by atoms with E-state index in [9.17, 15) is 9.18 Å². The molecule has 0 fully saturated rings. The van der Waals surface area contributed by atoms with Crippen LogP contribution in [0, 0.1) is 5.82 Å². The highest BCUT2D eigenvalue weighted by Gasteiger charge is 2.13. The molecule has 0 bridgehead atoms. The number of hydrogen-bond donors (Lipinski definition) is 1. The first-order valence-corrected chi connectivity index (χ1v) is 7.89. The molecular formula is C20H18FN3O. The normalized spacial score (nSPS) is 10.3. The predicted octanol–water partition coefficient (Wildman–Crippen LogP) is 4.24. The highest BCUT2D eigenvalue weighted by molar-refractivity contribution is 5.94.